The predicted molar refractivity (Wildman–Crippen MR) is 51.2 cm³/mol. The van der Waals surface area contributed by atoms with Crippen molar-refractivity contribution in [3.05, 3.63) is 0 Å². The second-order valence-electron chi connectivity index (χ2n) is 3.93. The van der Waals surface area contributed by atoms with E-state index >= 15 is 0 Å². The van der Waals surface area contributed by atoms with Gasteiger partial charge in [0.05, 0.1) is 5.60 Å². The average molecular weight is 171 g/mol. The molecule has 1 fully saturated rings. The first kappa shape index (κ1) is 10.0. The normalized spacial score (nSPS) is 31.5. The van der Waals surface area contributed by atoms with E-state index in [-0.39, 0.29) is 5.60 Å². The molecule has 1 unspecified atom stereocenters. The topological polar surface area (TPSA) is 32.3 Å². The molecule has 0 aromatic carbocycles. The minimum Gasteiger partial charge on any atom is -0.390 e. The number of hydrogen-bond donors (Lipinski definition) is 2. The Morgan fingerprint density at radius 2 is 2.17 bits per heavy atom. The summed E-state index contributed by atoms with van der Waals surface area (Å²) in [6.07, 6.45) is 6.39. The standard InChI is InChI=1S/C10H21NO/c1-2-3-5-10(12)6-4-8-11-9-7-10/h11-12H,2-9H2,1H3. The van der Waals surface area contributed by atoms with Crippen molar-refractivity contribution in [1.29, 1.82) is 0 Å². The molecule has 0 aliphatic carbocycles. The van der Waals surface area contributed by atoms with Gasteiger partial charge in [-0.3, -0.25) is 0 Å². The van der Waals surface area contributed by atoms with Gasteiger partial charge in [0.25, 0.3) is 0 Å². The van der Waals surface area contributed by atoms with E-state index in [0.717, 1.165) is 45.2 Å². The van der Waals surface area contributed by atoms with E-state index in [1.54, 1.807) is 0 Å². The van der Waals surface area contributed by atoms with Crippen molar-refractivity contribution >= 4 is 0 Å². The summed E-state index contributed by atoms with van der Waals surface area (Å²) in [5.74, 6) is 0. The Bertz CT molecular complexity index is 117. The highest BCUT2D eigenvalue weighted by Crippen LogP contribution is 2.25. The Morgan fingerprint density at radius 1 is 1.33 bits per heavy atom. The molecule has 1 saturated heterocycles. The summed E-state index contributed by atoms with van der Waals surface area (Å²) in [4.78, 5) is 0. The number of nitrogens with one attached hydrogen (secondary N) is 1. The fourth-order valence-electron chi connectivity index (χ4n) is 1.87. The molecule has 1 atom stereocenters. The van der Waals surface area contributed by atoms with Crippen LogP contribution in [0.15, 0.2) is 0 Å². The summed E-state index contributed by atoms with van der Waals surface area (Å²) in [6.45, 7) is 4.24. The Morgan fingerprint density at radius 3 is 2.92 bits per heavy atom. The van der Waals surface area contributed by atoms with Crippen LogP contribution in [0.5, 0.6) is 0 Å². The minimum absolute atomic E-state index is 0.348. The summed E-state index contributed by atoms with van der Waals surface area (Å²) in [5, 5.41) is 13.5. The second-order valence-corrected chi connectivity index (χ2v) is 3.93. The lowest BCUT2D eigenvalue weighted by molar-refractivity contribution is 0.0175. The molecule has 0 amide bonds. The smallest absolute Gasteiger partial charge is 0.0660 e. The molecule has 0 radical (unpaired) electrons. The van der Waals surface area contributed by atoms with E-state index in [1.807, 2.05) is 0 Å². The van der Waals surface area contributed by atoms with Gasteiger partial charge in [-0.2, -0.15) is 0 Å². The summed E-state index contributed by atoms with van der Waals surface area (Å²) in [6, 6.07) is 0. The molecule has 0 spiro atoms. The highest BCUT2D eigenvalue weighted by molar-refractivity contribution is 4.81. The second kappa shape index (κ2) is 4.83. The van der Waals surface area contributed by atoms with Crippen molar-refractivity contribution in [2.45, 2.75) is 51.0 Å². The highest BCUT2D eigenvalue weighted by atomic mass is 16.3. The number of aliphatic hydroxyl groups is 1. The largest absolute Gasteiger partial charge is 0.390 e. The zero-order chi connectivity index (χ0) is 8.86. The molecular formula is C10H21NO. The molecule has 2 heteroatoms. The lowest BCUT2D eigenvalue weighted by atomic mass is 9.89. The van der Waals surface area contributed by atoms with Crippen molar-refractivity contribution in [3.63, 3.8) is 0 Å². The number of rotatable bonds is 3. The SMILES string of the molecule is CCCCC1(O)CCCNCC1. The van der Waals surface area contributed by atoms with Crippen LogP contribution in [0.2, 0.25) is 0 Å². The van der Waals surface area contributed by atoms with E-state index in [2.05, 4.69) is 12.2 Å². The Balaban J connectivity index is 2.32. The third-order valence-electron chi connectivity index (χ3n) is 2.76. The van der Waals surface area contributed by atoms with Crippen molar-refractivity contribution < 1.29 is 5.11 Å². The van der Waals surface area contributed by atoms with E-state index in [0.29, 0.717) is 0 Å². The Labute approximate surface area is 75.4 Å². The fourth-order valence-corrected chi connectivity index (χ4v) is 1.87. The third kappa shape index (κ3) is 3.11. The number of unbranched alkanes of at least 4 members (excludes halogenated alkanes) is 1. The molecule has 0 aromatic heterocycles. The zero-order valence-corrected chi connectivity index (χ0v) is 8.10. The van der Waals surface area contributed by atoms with Crippen LogP contribution in [0.3, 0.4) is 0 Å². The van der Waals surface area contributed by atoms with Gasteiger partial charge in [-0.25, -0.2) is 0 Å². The summed E-state index contributed by atoms with van der Waals surface area (Å²) in [7, 11) is 0. The van der Waals surface area contributed by atoms with Gasteiger partial charge < -0.3 is 10.4 Å². The van der Waals surface area contributed by atoms with Crippen molar-refractivity contribution in [1.82, 2.24) is 5.32 Å². The minimum atomic E-state index is -0.348. The van der Waals surface area contributed by atoms with Crippen LogP contribution in [0.25, 0.3) is 0 Å². The van der Waals surface area contributed by atoms with Gasteiger partial charge in [-0.15, -0.1) is 0 Å². The van der Waals surface area contributed by atoms with Gasteiger partial charge in [-0.05, 0) is 38.8 Å². The molecule has 0 bridgehead atoms. The molecule has 0 aromatic rings. The van der Waals surface area contributed by atoms with Crippen molar-refractivity contribution in [2.24, 2.45) is 0 Å². The Kier molecular flexibility index (Phi) is 4.02. The Hall–Kier alpha value is -0.0800. The van der Waals surface area contributed by atoms with Crippen LogP contribution in [-0.4, -0.2) is 23.8 Å². The molecular weight excluding hydrogens is 150 g/mol. The fraction of sp³-hybridized carbons (Fsp3) is 1.00. The molecule has 2 N–H and O–H groups in total. The maximum Gasteiger partial charge on any atom is 0.0660 e. The van der Waals surface area contributed by atoms with Crippen molar-refractivity contribution in [2.75, 3.05) is 13.1 Å². The lowest BCUT2D eigenvalue weighted by Crippen LogP contribution is -2.29. The van der Waals surface area contributed by atoms with Gasteiger partial charge in [0.1, 0.15) is 0 Å². The highest BCUT2D eigenvalue weighted by Gasteiger charge is 2.26. The molecule has 1 rings (SSSR count). The molecule has 1 aliphatic rings. The zero-order valence-electron chi connectivity index (χ0n) is 8.10. The van der Waals surface area contributed by atoms with E-state index in [1.165, 1.54) is 6.42 Å². The summed E-state index contributed by atoms with van der Waals surface area (Å²) in [5.41, 5.74) is -0.348. The van der Waals surface area contributed by atoms with E-state index in [9.17, 15) is 5.11 Å². The first-order valence-corrected chi connectivity index (χ1v) is 5.20. The van der Waals surface area contributed by atoms with Gasteiger partial charge in [0.15, 0.2) is 0 Å². The van der Waals surface area contributed by atoms with E-state index in [4.69, 9.17) is 0 Å². The third-order valence-corrected chi connectivity index (χ3v) is 2.76. The van der Waals surface area contributed by atoms with Crippen LogP contribution in [-0.2, 0) is 0 Å². The first-order chi connectivity index (χ1) is 5.77. The summed E-state index contributed by atoms with van der Waals surface area (Å²) >= 11 is 0. The van der Waals surface area contributed by atoms with Crippen molar-refractivity contribution in [3.8, 4) is 0 Å². The van der Waals surface area contributed by atoms with Gasteiger partial charge in [0, 0.05) is 0 Å². The summed E-state index contributed by atoms with van der Waals surface area (Å²) < 4.78 is 0. The van der Waals surface area contributed by atoms with E-state index < -0.39 is 0 Å². The van der Waals surface area contributed by atoms with Gasteiger partial charge in [-0.1, -0.05) is 19.8 Å². The molecule has 1 aliphatic heterocycles. The van der Waals surface area contributed by atoms with Crippen LogP contribution in [0.1, 0.15) is 45.4 Å². The van der Waals surface area contributed by atoms with Gasteiger partial charge in [0.2, 0.25) is 0 Å². The maximum absolute atomic E-state index is 10.1. The maximum atomic E-state index is 10.1. The number of hydrogen-bond acceptors (Lipinski definition) is 2. The predicted octanol–water partition coefficient (Wildman–Crippen LogP) is 1.68. The van der Waals surface area contributed by atoms with Gasteiger partial charge >= 0.3 is 0 Å². The molecule has 72 valence electrons. The first-order valence-electron chi connectivity index (χ1n) is 5.20. The quantitative estimate of drug-likeness (QED) is 0.677. The average Bonchev–Trinajstić information content (AvgIpc) is 2.27. The molecule has 12 heavy (non-hydrogen) atoms. The molecule has 1 heterocycles. The van der Waals surface area contributed by atoms with Crippen LogP contribution < -0.4 is 5.32 Å². The molecule has 2 nitrogen and oxygen atoms in total. The molecule has 0 saturated carbocycles. The lowest BCUT2D eigenvalue weighted by Gasteiger charge is -2.25. The van der Waals surface area contributed by atoms with Crippen LogP contribution in [0.4, 0.5) is 0 Å². The monoisotopic (exact) mass is 171 g/mol. The van der Waals surface area contributed by atoms with Crippen LogP contribution >= 0.6 is 0 Å². The van der Waals surface area contributed by atoms with Crippen LogP contribution in [0, 0.1) is 0 Å².